The fourth-order valence-electron chi connectivity index (χ4n) is 2.09. The van der Waals surface area contributed by atoms with Crippen LogP contribution in [0.15, 0.2) is 6.07 Å². The summed E-state index contributed by atoms with van der Waals surface area (Å²) in [6, 6.07) is 2.04. The van der Waals surface area contributed by atoms with Gasteiger partial charge in [-0.25, -0.2) is 9.97 Å². The molecule has 0 radical (unpaired) electrons. The molecule has 100 valence electrons. The van der Waals surface area contributed by atoms with E-state index in [0.717, 1.165) is 36.3 Å². The topological polar surface area (TPSA) is 41.0 Å². The Hall–Kier alpha value is -0.970. The maximum atomic E-state index is 4.56. The van der Waals surface area contributed by atoms with Crippen LogP contribution in [0, 0.1) is 6.92 Å². The Labute approximate surface area is 114 Å². The second kappa shape index (κ2) is 5.34. The minimum atomic E-state index is 0.378. The molecule has 0 aliphatic carbocycles. The van der Waals surface area contributed by atoms with E-state index < -0.39 is 0 Å². The van der Waals surface area contributed by atoms with E-state index in [9.17, 15) is 0 Å². The molecule has 1 N–H and O–H groups in total. The third-order valence-corrected chi connectivity index (χ3v) is 4.61. The lowest BCUT2D eigenvalue weighted by Crippen LogP contribution is -2.28. The van der Waals surface area contributed by atoms with E-state index in [1.165, 1.54) is 6.42 Å². The molecule has 1 aliphatic rings. The zero-order chi connectivity index (χ0) is 13.2. The summed E-state index contributed by atoms with van der Waals surface area (Å²) in [5, 5.41) is 3.10. The van der Waals surface area contributed by atoms with Crippen molar-refractivity contribution in [2.24, 2.45) is 0 Å². The lowest BCUT2D eigenvalue weighted by molar-refractivity contribution is 0.634. The average Bonchev–Trinajstić information content (AvgIpc) is 2.49. The highest BCUT2D eigenvalue weighted by molar-refractivity contribution is 8.00. The Kier molecular flexibility index (Phi) is 4.00. The maximum absolute atomic E-state index is 4.56. The van der Waals surface area contributed by atoms with Gasteiger partial charge >= 0.3 is 0 Å². The average molecular weight is 266 g/mol. The molecule has 0 amide bonds. The van der Waals surface area contributed by atoms with Crippen LogP contribution in [-0.2, 0) is 0 Å². The smallest absolute Gasteiger partial charge is 0.134 e. The molecule has 2 heterocycles. The van der Waals surface area contributed by atoms with E-state index in [2.05, 4.69) is 45.8 Å². The zero-order valence-corrected chi connectivity index (χ0v) is 12.5. The second-order valence-corrected chi connectivity index (χ2v) is 7.06. The number of aromatic nitrogens is 2. The van der Waals surface area contributed by atoms with Gasteiger partial charge in [-0.2, -0.15) is 11.8 Å². The largest absolute Gasteiger partial charge is 0.373 e. The van der Waals surface area contributed by atoms with Crippen molar-refractivity contribution in [3.8, 4) is 0 Å². The number of anilines is 2. The van der Waals surface area contributed by atoms with Gasteiger partial charge in [-0.1, -0.05) is 13.8 Å². The molecular weight excluding hydrogens is 244 g/mol. The van der Waals surface area contributed by atoms with Gasteiger partial charge in [0.25, 0.3) is 0 Å². The number of aryl methyl sites for hydroxylation is 1. The molecule has 0 saturated carbocycles. The molecule has 1 aromatic heterocycles. The van der Waals surface area contributed by atoms with Crippen LogP contribution in [-0.4, -0.2) is 40.6 Å². The fourth-order valence-corrected chi connectivity index (χ4v) is 3.19. The molecule has 18 heavy (non-hydrogen) atoms. The normalized spacial score (nSPS) is 19.4. The Morgan fingerprint density at radius 1 is 1.33 bits per heavy atom. The molecule has 0 bridgehead atoms. The number of thioether (sulfide) groups is 1. The molecule has 2 rings (SSSR count). The highest BCUT2D eigenvalue weighted by Gasteiger charge is 2.24. The first-order valence-corrected chi connectivity index (χ1v) is 7.41. The summed E-state index contributed by atoms with van der Waals surface area (Å²) in [7, 11) is 1.90. The summed E-state index contributed by atoms with van der Waals surface area (Å²) in [5.41, 5.74) is 0. The summed E-state index contributed by atoms with van der Waals surface area (Å²) < 4.78 is 0.378. The molecule has 1 fully saturated rings. The highest BCUT2D eigenvalue weighted by Crippen LogP contribution is 2.32. The third-order valence-electron chi connectivity index (χ3n) is 3.24. The molecule has 0 atom stereocenters. The van der Waals surface area contributed by atoms with E-state index in [0.29, 0.717) is 4.75 Å². The molecule has 0 aromatic carbocycles. The van der Waals surface area contributed by atoms with Gasteiger partial charge in [0.15, 0.2) is 0 Å². The van der Waals surface area contributed by atoms with Gasteiger partial charge in [0.1, 0.15) is 17.5 Å². The number of nitrogens with one attached hydrogen (secondary N) is 1. The lowest BCUT2D eigenvalue weighted by atomic mass is 10.1. The van der Waals surface area contributed by atoms with Gasteiger partial charge < -0.3 is 10.2 Å². The molecular formula is C13H22N4S. The van der Waals surface area contributed by atoms with E-state index >= 15 is 0 Å². The van der Waals surface area contributed by atoms with E-state index in [1.54, 1.807) is 0 Å². The molecule has 0 unspecified atom stereocenters. The molecule has 1 aromatic rings. The maximum Gasteiger partial charge on any atom is 0.134 e. The highest BCUT2D eigenvalue weighted by atomic mass is 32.2. The van der Waals surface area contributed by atoms with Crippen molar-refractivity contribution in [1.82, 2.24) is 9.97 Å². The van der Waals surface area contributed by atoms with Crippen LogP contribution in [0.1, 0.15) is 26.1 Å². The van der Waals surface area contributed by atoms with E-state index in [1.807, 2.05) is 20.0 Å². The minimum absolute atomic E-state index is 0.378. The number of rotatable bonds is 2. The van der Waals surface area contributed by atoms with Crippen LogP contribution in [0.2, 0.25) is 0 Å². The molecule has 1 saturated heterocycles. The SMILES string of the molecule is CNc1cc(N2CCSC(C)(C)CC2)nc(C)n1. The zero-order valence-electron chi connectivity index (χ0n) is 11.7. The fraction of sp³-hybridized carbons (Fsp3) is 0.692. The Bertz CT molecular complexity index is 419. The third kappa shape index (κ3) is 3.28. The quantitative estimate of drug-likeness (QED) is 0.891. The second-order valence-electron chi connectivity index (χ2n) is 5.25. The first-order chi connectivity index (χ1) is 8.50. The number of hydrogen-bond acceptors (Lipinski definition) is 5. The molecule has 5 heteroatoms. The molecule has 4 nitrogen and oxygen atoms in total. The summed E-state index contributed by atoms with van der Waals surface area (Å²) in [6.45, 7) is 8.73. The summed E-state index contributed by atoms with van der Waals surface area (Å²) in [4.78, 5) is 11.3. The van der Waals surface area contributed by atoms with Gasteiger partial charge in [0, 0.05) is 36.7 Å². The Morgan fingerprint density at radius 2 is 2.11 bits per heavy atom. The van der Waals surface area contributed by atoms with Crippen LogP contribution in [0.3, 0.4) is 0 Å². The van der Waals surface area contributed by atoms with E-state index in [-0.39, 0.29) is 0 Å². The Morgan fingerprint density at radius 3 is 2.83 bits per heavy atom. The van der Waals surface area contributed by atoms with Crippen LogP contribution in [0.4, 0.5) is 11.6 Å². The van der Waals surface area contributed by atoms with Gasteiger partial charge in [-0.3, -0.25) is 0 Å². The van der Waals surface area contributed by atoms with Crippen LogP contribution in [0.25, 0.3) is 0 Å². The summed E-state index contributed by atoms with van der Waals surface area (Å²) in [5.74, 6) is 3.93. The van der Waals surface area contributed by atoms with Crippen molar-refractivity contribution < 1.29 is 0 Å². The van der Waals surface area contributed by atoms with Crippen LogP contribution in [0.5, 0.6) is 0 Å². The van der Waals surface area contributed by atoms with Gasteiger partial charge in [-0.05, 0) is 13.3 Å². The van der Waals surface area contributed by atoms with Gasteiger partial charge in [0.2, 0.25) is 0 Å². The predicted octanol–water partition coefficient (Wildman–Crippen LogP) is 2.55. The number of hydrogen-bond donors (Lipinski definition) is 1. The van der Waals surface area contributed by atoms with Crippen molar-refractivity contribution in [3.63, 3.8) is 0 Å². The van der Waals surface area contributed by atoms with Crippen LogP contribution < -0.4 is 10.2 Å². The minimum Gasteiger partial charge on any atom is -0.373 e. The first-order valence-electron chi connectivity index (χ1n) is 6.42. The van der Waals surface area contributed by atoms with Crippen molar-refractivity contribution in [1.29, 1.82) is 0 Å². The lowest BCUT2D eigenvalue weighted by Gasteiger charge is -2.23. The van der Waals surface area contributed by atoms with Crippen molar-refractivity contribution in [2.75, 3.05) is 36.1 Å². The monoisotopic (exact) mass is 266 g/mol. The summed E-state index contributed by atoms with van der Waals surface area (Å²) in [6.07, 6.45) is 1.19. The van der Waals surface area contributed by atoms with Gasteiger partial charge in [0.05, 0.1) is 0 Å². The van der Waals surface area contributed by atoms with Crippen molar-refractivity contribution >= 4 is 23.4 Å². The molecule has 1 aliphatic heterocycles. The molecule has 0 spiro atoms. The van der Waals surface area contributed by atoms with Crippen molar-refractivity contribution in [2.45, 2.75) is 31.9 Å². The summed E-state index contributed by atoms with van der Waals surface area (Å²) >= 11 is 2.05. The number of nitrogens with zero attached hydrogens (tertiary/aromatic N) is 3. The first kappa shape index (κ1) is 13.5. The van der Waals surface area contributed by atoms with Gasteiger partial charge in [-0.15, -0.1) is 0 Å². The standard InChI is InChI=1S/C13H22N4S/c1-10-15-11(14-4)9-12(16-10)17-6-5-13(2,3)18-8-7-17/h9H,5-8H2,1-4H3,(H,14,15,16). The van der Waals surface area contributed by atoms with Crippen molar-refractivity contribution in [3.05, 3.63) is 11.9 Å². The van der Waals surface area contributed by atoms with E-state index in [4.69, 9.17) is 0 Å². The predicted molar refractivity (Wildman–Crippen MR) is 79.7 cm³/mol. The van der Waals surface area contributed by atoms with Crippen LogP contribution >= 0.6 is 11.8 Å². The Balaban J connectivity index is 2.18.